The zero-order valence-electron chi connectivity index (χ0n) is 78.9. The summed E-state index contributed by atoms with van der Waals surface area (Å²) in [5.41, 5.74) is 34.5. The number of aryl methyl sites for hydroxylation is 5. The van der Waals surface area contributed by atoms with Gasteiger partial charge >= 0.3 is 0 Å². The number of para-hydroxylation sites is 11. The predicted molar refractivity (Wildman–Crippen MR) is 562 cm³/mol. The van der Waals surface area contributed by atoms with Crippen LogP contribution in [-0.4, -0.2) is 49.3 Å². The average Bonchev–Trinajstić information content (AvgIpc) is 1.52. The van der Waals surface area contributed by atoms with Crippen molar-refractivity contribution in [1.82, 2.24) is 38.5 Å². The summed E-state index contributed by atoms with van der Waals surface area (Å²) < 4.78 is 23.9. The van der Waals surface area contributed by atoms with Gasteiger partial charge in [-0.3, -0.25) is 9.78 Å². The number of fused-ring (bicyclic) bond motifs is 18. The predicted octanol–water partition coefficient (Wildman–Crippen LogP) is 29.1. The van der Waals surface area contributed by atoms with E-state index in [0.29, 0.717) is 0 Å². The van der Waals surface area contributed by atoms with E-state index in [1.165, 1.54) is 120 Å². The molecule has 0 amide bonds. The summed E-state index contributed by atoms with van der Waals surface area (Å²) in [5.74, 6) is 2.14. The summed E-state index contributed by atoms with van der Waals surface area (Å²) in [7, 11) is 0. The second kappa shape index (κ2) is 44.5. The van der Waals surface area contributed by atoms with Crippen molar-refractivity contribution in [1.29, 1.82) is 0 Å². The van der Waals surface area contributed by atoms with Gasteiger partial charge in [-0.15, -0.1) is 144 Å². The molecule has 10 aromatic heterocycles. The standard InChI is InChI=1S/C20H13N2.C20H15N2.C19H13N2.2C19H14NO.C12H10N.C11H8N.C5H8O2.3Ir/c1-2-9-16-14(7-1)15-8-5-6-13-12-21-17-10-3-4-11-18(17)22(16)20(21)19(13)15;1-2-9-16(10-3-1)22-19-13-7-6-12-18(19)21-14-15-8-4-5-11-17(15)20(21)22;1-3-9-15(10-4-1)19-20-17-13-7-8-14-18(17)21(19)16-11-5-2-6-12-16;2*1-12-10-17(20-11-13(12)2)16-8-5-7-15-14-6-3-4-9-18(14)21-19(15)16;1-10-6-5-9-12(13-10)11-7-3-2-4-8-11;1-2-6-10(7-3-1)11-8-4-5-9-12-11;1-4(6)3-5(2)7;;;/h1-11H,12H2;1-13H,14H2;1-9,11-14H;2*3-7,9-11H,1-2H3;2-7,9H,1H3;1-6,8-9H;3,6H,1-2H3;;;/q2*+1;5*-1;;;;. The monoisotopic (exact) mass is 2380 g/mol. The SMILES string of the molecule is CC(=O)C=C(C)O.Cc1cccc(-c2[c-]cccc2)n1.Cc1cnc(-c2[c-]ccc3c2oc2ccccc23)cc1C.Cc1cnc(-c2[c-]ccc3c2oc2ccccc23)cc1C.[Ir].[Ir].[Ir].[c-]1ccccc1-c1ccccn1.[c-]1ccccc1-c1nc2ccccc2n1-c1ccccc1.c1cc2c3c(c1)c1ccccc1n1c4ccccc4[n+](c31)C2.c1ccc(-n2c3[n+](c4ccccc42)Cc2ccccc2-3)cc1. The Labute approximate surface area is 864 Å². The van der Waals surface area contributed by atoms with E-state index in [2.05, 4.69) is 289 Å². The summed E-state index contributed by atoms with van der Waals surface area (Å²) >= 11 is 0. The second-order valence-electron chi connectivity index (χ2n) is 34.2. The maximum Gasteiger partial charge on any atom is 0.296 e. The normalized spacial score (nSPS) is 11.2. The van der Waals surface area contributed by atoms with Crippen LogP contribution in [0.2, 0.25) is 0 Å². The van der Waals surface area contributed by atoms with Crippen molar-refractivity contribution in [2.75, 3.05) is 0 Å². The molecule has 3 radical (unpaired) electrons. The number of ketones is 1. The fraction of sp³-hybridized carbons (Fsp3) is 0.0720. The Morgan fingerprint density at radius 1 is 0.373 bits per heavy atom. The summed E-state index contributed by atoms with van der Waals surface area (Å²) in [6.45, 7) is 15.1. The topological polar surface area (TPSA) is 150 Å². The number of allylic oxidation sites excluding steroid dienone is 2. The Balaban J connectivity index is 0.000000113. The molecule has 142 heavy (non-hydrogen) atoms. The van der Waals surface area contributed by atoms with Gasteiger partial charge < -0.3 is 38.4 Å². The molecule has 699 valence electrons. The zero-order valence-corrected chi connectivity index (χ0v) is 86.1. The van der Waals surface area contributed by atoms with Crippen LogP contribution >= 0.6 is 0 Å². The van der Waals surface area contributed by atoms with Gasteiger partial charge in [0.15, 0.2) is 27.9 Å². The van der Waals surface area contributed by atoms with E-state index in [0.717, 1.165) is 136 Å². The van der Waals surface area contributed by atoms with E-state index in [1.54, 1.807) is 6.20 Å². The molecule has 0 atom stereocenters. The molecule has 15 aromatic carbocycles. The van der Waals surface area contributed by atoms with Gasteiger partial charge in [0.2, 0.25) is 0 Å². The van der Waals surface area contributed by atoms with Crippen molar-refractivity contribution in [3.63, 3.8) is 0 Å². The molecule has 27 rings (SSSR count). The Kier molecular flexibility index (Phi) is 30.6. The largest absolute Gasteiger partial charge is 0.512 e. The van der Waals surface area contributed by atoms with Crippen molar-refractivity contribution in [2.45, 2.75) is 61.6 Å². The van der Waals surface area contributed by atoms with Crippen LogP contribution < -0.4 is 9.13 Å². The van der Waals surface area contributed by atoms with Crippen LogP contribution in [0.3, 0.4) is 0 Å². The van der Waals surface area contributed by atoms with Gasteiger partial charge in [-0.2, -0.15) is 8.97 Å². The van der Waals surface area contributed by atoms with E-state index in [4.69, 9.17) is 18.9 Å². The molecule has 0 bridgehead atoms. The fourth-order valence-electron chi connectivity index (χ4n) is 18.2. The number of aliphatic hydroxyl groups excluding tert-OH is 1. The molecule has 0 aliphatic carbocycles. The van der Waals surface area contributed by atoms with Crippen LogP contribution in [0.15, 0.2) is 434 Å². The molecule has 2 aliphatic rings. The van der Waals surface area contributed by atoms with E-state index in [9.17, 15) is 4.79 Å². The molecule has 0 unspecified atom stereocenters. The molecule has 25 aromatic rings. The van der Waals surface area contributed by atoms with Crippen LogP contribution in [0.25, 0.3) is 183 Å². The first-order valence-electron chi connectivity index (χ1n) is 46.3. The summed E-state index contributed by atoms with van der Waals surface area (Å²) in [5, 5.41) is 17.0. The number of nitrogens with zero attached hydrogens (tertiary/aromatic N) is 10. The number of pyridine rings is 5. The molecular weight excluding hydrogens is 2280 g/mol. The minimum absolute atomic E-state index is 0. The van der Waals surface area contributed by atoms with Gasteiger partial charge in [0, 0.05) is 129 Å². The van der Waals surface area contributed by atoms with Gasteiger partial charge in [0.05, 0.1) is 44.7 Å². The number of furan rings is 2. The third-order valence-electron chi connectivity index (χ3n) is 24.9. The third-order valence-corrected chi connectivity index (χ3v) is 24.9. The number of rotatable bonds is 8. The van der Waals surface area contributed by atoms with Crippen molar-refractivity contribution in [3.05, 3.63) is 494 Å². The molecular formula is C125H95Ir3N10O4-3. The molecule has 17 heteroatoms. The summed E-state index contributed by atoms with van der Waals surface area (Å²) in [6.07, 6.45) is 6.76. The number of hydrogen-bond acceptors (Lipinski definition) is 9. The number of carbonyl (C=O) groups excluding carboxylic acids is 1. The minimum Gasteiger partial charge on any atom is -0.512 e. The molecule has 2 aliphatic heterocycles. The van der Waals surface area contributed by atoms with Crippen LogP contribution in [0.1, 0.15) is 52.9 Å². The van der Waals surface area contributed by atoms with Crippen LogP contribution in [-0.2, 0) is 78.2 Å². The van der Waals surface area contributed by atoms with Gasteiger partial charge in [-0.05, 0) is 179 Å². The van der Waals surface area contributed by atoms with Gasteiger partial charge in [0.1, 0.15) is 35.5 Å². The Morgan fingerprint density at radius 3 is 1.41 bits per heavy atom. The van der Waals surface area contributed by atoms with E-state index in [1.807, 2.05) is 226 Å². The summed E-state index contributed by atoms with van der Waals surface area (Å²) in [4.78, 5) is 32.5. The smallest absolute Gasteiger partial charge is 0.296 e. The Hall–Kier alpha value is -15.9. The third kappa shape index (κ3) is 20.5. The van der Waals surface area contributed by atoms with Crippen LogP contribution in [0.4, 0.5) is 0 Å². The van der Waals surface area contributed by atoms with Gasteiger partial charge in [-0.1, -0.05) is 233 Å². The number of benzene rings is 15. The maximum absolute atomic E-state index is 10.0. The van der Waals surface area contributed by atoms with Crippen molar-refractivity contribution < 1.29 is 88.2 Å². The number of imidazole rings is 3. The van der Waals surface area contributed by atoms with Crippen molar-refractivity contribution in [3.8, 4) is 79.2 Å². The average molecular weight is 2380 g/mol. The molecule has 1 N–H and O–H groups in total. The first-order valence-corrected chi connectivity index (χ1v) is 46.3. The molecule has 0 spiro atoms. The van der Waals surface area contributed by atoms with Crippen LogP contribution in [0.5, 0.6) is 0 Å². The quantitative estimate of drug-likeness (QED) is 0.0516. The van der Waals surface area contributed by atoms with E-state index >= 15 is 0 Å². The van der Waals surface area contributed by atoms with E-state index < -0.39 is 0 Å². The Bertz CT molecular complexity index is 8630. The number of carbonyl (C=O) groups is 1. The first-order chi connectivity index (χ1) is 68.2. The molecule has 0 fully saturated rings. The molecule has 14 nitrogen and oxygen atoms in total. The summed E-state index contributed by atoms with van der Waals surface area (Å²) in [6, 6.07) is 151. The number of hydrogen-bond donors (Lipinski definition) is 1. The van der Waals surface area contributed by atoms with Crippen molar-refractivity contribution in [2.24, 2.45) is 0 Å². The van der Waals surface area contributed by atoms with Crippen LogP contribution in [0, 0.1) is 65.0 Å². The van der Waals surface area contributed by atoms with E-state index in [-0.39, 0.29) is 71.9 Å². The zero-order chi connectivity index (χ0) is 94.8. The number of aromatic nitrogens is 10. The minimum atomic E-state index is -0.125. The first kappa shape index (κ1) is 97.7. The maximum atomic E-state index is 10.0. The van der Waals surface area contributed by atoms with Gasteiger partial charge in [-0.25, -0.2) is 9.13 Å². The number of aliphatic hydroxyl groups is 1. The van der Waals surface area contributed by atoms with Gasteiger partial charge in [0.25, 0.3) is 11.5 Å². The molecule has 0 saturated heterocycles. The molecule has 12 heterocycles. The molecule has 0 saturated carbocycles. The fourth-order valence-corrected chi connectivity index (χ4v) is 18.2. The van der Waals surface area contributed by atoms with Crippen molar-refractivity contribution >= 4 is 110 Å². The second-order valence-corrected chi connectivity index (χ2v) is 34.2. The Morgan fingerprint density at radius 2 is 0.845 bits per heavy atom.